The number of hydrogen-bond acceptors (Lipinski definition) is 3. The summed E-state index contributed by atoms with van der Waals surface area (Å²) < 4.78 is 0. The van der Waals surface area contributed by atoms with Crippen LogP contribution in [0.4, 0.5) is 0 Å². The van der Waals surface area contributed by atoms with Crippen LogP contribution in [-0.4, -0.2) is 40.5 Å². The number of nitrogens with zero attached hydrogens (tertiary/aromatic N) is 2. The van der Waals surface area contributed by atoms with Gasteiger partial charge in [0.1, 0.15) is 0 Å². The molecule has 4 heteroatoms. The summed E-state index contributed by atoms with van der Waals surface area (Å²) in [4.78, 5) is 10.0. The highest BCUT2D eigenvalue weighted by Gasteiger charge is 2.18. The first kappa shape index (κ1) is 12.6. The van der Waals surface area contributed by atoms with E-state index in [9.17, 15) is 0 Å². The third-order valence-electron chi connectivity index (χ3n) is 3.62. The molecule has 0 aromatic carbocycles. The smallest absolute Gasteiger partial charge is 0.0925 e. The molecule has 17 heavy (non-hydrogen) atoms. The maximum atomic E-state index is 4.32. The van der Waals surface area contributed by atoms with Gasteiger partial charge >= 0.3 is 0 Å². The van der Waals surface area contributed by atoms with Gasteiger partial charge in [0.25, 0.3) is 0 Å². The Labute approximate surface area is 104 Å². The zero-order valence-electron chi connectivity index (χ0n) is 11.0. The van der Waals surface area contributed by atoms with Crippen molar-refractivity contribution in [3.05, 3.63) is 17.7 Å². The Morgan fingerprint density at radius 2 is 2.24 bits per heavy atom. The lowest BCUT2D eigenvalue weighted by atomic mass is 10.0. The van der Waals surface area contributed by atoms with E-state index in [1.165, 1.54) is 44.6 Å². The zero-order chi connectivity index (χ0) is 12.1. The van der Waals surface area contributed by atoms with Gasteiger partial charge in [-0.3, -0.25) is 0 Å². The van der Waals surface area contributed by atoms with Crippen LogP contribution in [-0.2, 0) is 6.54 Å². The van der Waals surface area contributed by atoms with Gasteiger partial charge in [-0.2, -0.15) is 0 Å². The summed E-state index contributed by atoms with van der Waals surface area (Å²) >= 11 is 0. The Balaban J connectivity index is 1.70. The predicted molar refractivity (Wildman–Crippen MR) is 69.9 cm³/mol. The number of H-pyrrole nitrogens is 1. The topological polar surface area (TPSA) is 44.0 Å². The molecule has 1 saturated heterocycles. The van der Waals surface area contributed by atoms with E-state index in [1.807, 2.05) is 0 Å². The summed E-state index contributed by atoms with van der Waals surface area (Å²) in [6.45, 7) is 8.97. The SMILES string of the molecule is CCCN1CCC(NCc2nc[nH]c2C)CC1. The number of hydrogen-bond donors (Lipinski definition) is 2. The Kier molecular flexibility index (Phi) is 4.57. The van der Waals surface area contributed by atoms with Crippen LogP contribution in [0.2, 0.25) is 0 Å². The van der Waals surface area contributed by atoms with Crippen LogP contribution >= 0.6 is 0 Å². The molecule has 2 rings (SSSR count). The standard InChI is InChI=1S/C13H24N4/c1-3-6-17-7-4-12(5-8-17)14-9-13-11(2)15-10-16-13/h10,12,14H,3-9H2,1-2H3,(H,15,16). The van der Waals surface area contributed by atoms with E-state index in [4.69, 9.17) is 0 Å². The van der Waals surface area contributed by atoms with E-state index in [0.29, 0.717) is 6.04 Å². The molecule has 2 heterocycles. The molecular weight excluding hydrogens is 212 g/mol. The van der Waals surface area contributed by atoms with Gasteiger partial charge in [-0.1, -0.05) is 6.92 Å². The van der Waals surface area contributed by atoms with Crippen LogP contribution in [0, 0.1) is 6.92 Å². The van der Waals surface area contributed by atoms with E-state index in [1.54, 1.807) is 6.33 Å². The lowest BCUT2D eigenvalue weighted by molar-refractivity contribution is 0.197. The number of likely N-dealkylation sites (tertiary alicyclic amines) is 1. The third kappa shape index (κ3) is 3.54. The van der Waals surface area contributed by atoms with Gasteiger partial charge in [0.15, 0.2) is 0 Å². The highest BCUT2D eigenvalue weighted by molar-refractivity contribution is 5.08. The molecular formula is C13H24N4. The zero-order valence-corrected chi connectivity index (χ0v) is 11.0. The van der Waals surface area contributed by atoms with Crippen molar-refractivity contribution in [2.24, 2.45) is 0 Å². The number of aromatic nitrogens is 2. The lowest BCUT2D eigenvalue weighted by Gasteiger charge is -2.32. The lowest BCUT2D eigenvalue weighted by Crippen LogP contribution is -2.42. The molecule has 96 valence electrons. The minimum absolute atomic E-state index is 0.666. The van der Waals surface area contributed by atoms with E-state index in [0.717, 1.165) is 12.2 Å². The second-order valence-corrected chi connectivity index (χ2v) is 4.97. The van der Waals surface area contributed by atoms with Crippen molar-refractivity contribution in [3.8, 4) is 0 Å². The summed E-state index contributed by atoms with van der Waals surface area (Å²) in [6, 6.07) is 0.666. The normalized spacial score (nSPS) is 18.7. The molecule has 0 bridgehead atoms. The molecule has 0 atom stereocenters. The van der Waals surface area contributed by atoms with Crippen molar-refractivity contribution < 1.29 is 0 Å². The van der Waals surface area contributed by atoms with Gasteiger partial charge < -0.3 is 15.2 Å². The monoisotopic (exact) mass is 236 g/mol. The summed E-state index contributed by atoms with van der Waals surface area (Å²) in [5.74, 6) is 0. The molecule has 2 N–H and O–H groups in total. The van der Waals surface area contributed by atoms with Crippen molar-refractivity contribution in [2.45, 2.75) is 45.7 Å². The van der Waals surface area contributed by atoms with Crippen LogP contribution in [0.5, 0.6) is 0 Å². The first-order valence-electron chi connectivity index (χ1n) is 6.74. The van der Waals surface area contributed by atoms with Crippen molar-refractivity contribution in [1.29, 1.82) is 0 Å². The first-order chi connectivity index (χ1) is 8.29. The minimum Gasteiger partial charge on any atom is -0.348 e. The molecule has 0 saturated carbocycles. The minimum atomic E-state index is 0.666. The van der Waals surface area contributed by atoms with Gasteiger partial charge in [-0.05, 0) is 45.8 Å². The van der Waals surface area contributed by atoms with Crippen molar-refractivity contribution in [1.82, 2.24) is 20.2 Å². The van der Waals surface area contributed by atoms with E-state index in [-0.39, 0.29) is 0 Å². The Bertz CT molecular complexity index is 326. The van der Waals surface area contributed by atoms with Crippen LogP contribution in [0.1, 0.15) is 37.6 Å². The fraction of sp³-hybridized carbons (Fsp3) is 0.769. The van der Waals surface area contributed by atoms with Gasteiger partial charge in [0.05, 0.1) is 12.0 Å². The van der Waals surface area contributed by atoms with E-state index in [2.05, 4.69) is 34.0 Å². The molecule has 1 aromatic rings. The molecule has 1 aliphatic heterocycles. The first-order valence-corrected chi connectivity index (χ1v) is 6.74. The number of nitrogens with one attached hydrogen (secondary N) is 2. The molecule has 0 spiro atoms. The molecule has 0 amide bonds. The molecule has 0 aliphatic carbocycles. The molecule has 1 fully saturated rings. The van der Waals surface area contributed by atoms with Crippen molar-refractivity contribution in [2.75, 3.05) is 19.6 Å². The number of imidazole rings is 1. The van der Waals surface area contributed by atoms with Gasteiger partial charge in [0, 0.05) is 18.3 Å². The van der Waals surface area contributed by atoms with Gasteiger partial charge in [-0.25, -0.2) is 4.98 Å². The Hall–Kier alpha value is -0.870. The quantitative estimate of drug-likeness (QED) is 0.817. The van der Waals surface area contributed by atoms with Gasteiger partial charge in [-0.15, -0.1) is 0 Å². The number of piperidine rings is 1. The Morgan fingerprint density at radius 3 is 2.82 bits per heavy atom. The third-order valence-corrected chi connectivity index (χ3v) is 3.62. The largest absolute Gasteiger partial charge is 0.348 e. The fourth-order valence-corrected chi connectivity index (χ4v) is 2.48. The summed E-state index contributed by atoms with van der Waals surface area (Å²) in [6.07, 6.45) is 5.58. The van der Waals surface area contributed by atoms with Crippen LogP contribution in [0.3, 0.4) is 0 Å². The maximum absolute atomic E-state index is 4.32. The van der Waals surface area contributed by atoms with Crippen LogP contribution < -0.4 is 5.32 Å². The van der Waals surface area contributed by atoms with Crippen molar-refractivity contribution >= 4 is 0 Å². The average molecular weight is 236 g/mol. The van der Waals surface area contributed by atoms with Crippen LogP contribution in [0.15, 0.2) is 6.33 Å². The maximum Gasteiger partial charge on any atom is 0.0925 e. The summed E-state index contributed by atoms with van der Waals surface area (Å²) in [5.41, 5.74) is 2.34. The molecule has 1 aliphatic rings. The molecule has 4 nitrogen and oxygen atoms in total. The molecule has 0 radical (unpaired) electrons. The second kappa shape index (κ2) is 6.17. The number of aryl methyl sites for hydroxylation is 1. The van der Waals surface area contributed by atoms with E-state index < -0.39 is 0 Å². The van der Waals surface area contributed by atoms with Crippen LogP contribution in [0.25, 0.3) is 0 Å². The molecule has 1 aromatic heterocycles. The number of aromatic amines is 1. The predicted octanol–water partition coefficient (Wildman–Crippen LogP) is 1.68. The number of rotatable bonds is 5. The second-order valence-electron chi connectivity index (χ2n) is 4.97. The summed E-state index contributed by atoms with van der Waals surface area (Å²) in [7, 11) is 0. The average Bonchev–Trinajstić information content (AvgIpc) is 2.75. The van der Waals surface area contributed by atoms with Gasteiger partial charge in [0.2, 0.25) is 0 Å². The van der Waals surface area contributed by atoms with E-state index >= 15 is 0 Å². The summed E-state index contributed by atoms with van der Waals surface area (Å²) in [5, 5.41) is 3.62. The fourth-order valence-electron chi connectivity index (χ4n) is 2.48. The highest BCUT2D eigenvalue weighted by Crippen LogP contribution is 2.11. The van der Waals surface area contributed by atoms with Crippen molar-refractivity contribution in [3.63, 3.8) is 0 Å². The molecule has 0 unspecified atom stereocenters. The highest BCUT2D eigenvalue weighted by atomic mass is 15.1. The Morgan fingerprint density at radius 1 is 1.47 bits per heavy atom.